The summed E-state index contributed by atoms with van der Waals surface area (Å²) in [5.41, 5.74) is 0. The van der Waals surface area contributed by atoms with Gasteiger partial charge < -0.3 is 14.7 Å². The fourth-order valence-electron chi connectivity index (χ4n) is 3.92. The molecule has 3 fully saturated rings. The topological polar surface area (TPSA) is 43.9 Å². The van der Waals surface area contributed by atoms with Crippen molar-refractivity contribution in [2.24, 2.45) is 5.92 Å². The second kappa shape index (κ2) is 5.72. The summed E-state index contributed by atoms with van der Waals surface area (Å²) in [6.45, 7) is 4.04. The van der Waals surface area contributed by atoms with Crippen LogP contribution in [0.1, 0.15) is 32.1 Å². The third-order valence-electron chi connectivity index (χ3n) is 4.95. The highest BCUT2D eigenvalue weighted by molar-refractivity contribution is 5.95. The van der Waals surface area contributed by atoms with Crippen molar-refractivity contribution >= 4 is 11.8 Å². The highest BCUT2D eigenvalue weighted by atomic mass is 16.2. The van der Waals surface area contributed by atoms with Crippen molar-refractivity contribution in [2.75, 3.05) is 39.8 Å². The molecular formula is C15H25N3O2. The van der Waals surface area contributed by atoms with Crippen LogP contribution in [0.2, 0.25) is 0 Å². The summed E-state index contributed by atoms with van der Waals surface area (Å²) in [6, 6.07) is -0.161. The Bertz CT molecular complexity index is 399. The van der Waals surface area contributed by atoms with Crippen molar-refractivity contribution in [3.8, 4) is 0 Å². The fourth-order valence-corrected chi connectivity index (χ4v) is 3.92. The number of likely N-dealkylation sites (tertiary alicyclic amines) is 1. The SMILES string of the molecule is CN1CCCC(CN2CC(=O)N3CCCCC3C2=O)C1. The number of carbonyl (C=O) groups excluding carboxylic acids is 2. The van der Waals surface area contributed by atoms with Crippen LogP contribution in [0.25, 0.3) is 0 Å². The van der Waals surface area contributed by atoms with Crippen molar-refractivity contribution in [2.45, 2.75) is 38.1 Å². The van der Waals surface area contributed by atoms with Crippen LogP contribution in [0.15, 0.2) is 0 Å². The molecule has 112 valence electrons. The van der Waals surface area contributed by atoms with Crippen LogP contribution in [-0.2, 0) is 9.59 Å². The van der Waals surface area contributed by atoms with E-state index < -0.39 is 0 Å². The van der Waals surface area contributed by atoms with E-state index in [0.29, 0.717) is 12.5 Å². The van der Waals surface area contributed by atoms with Gasteiger partial charge in [-0.2, -0.15) is 0 Å². The minimum atomic E-state index is -0.161. The molecule has 5 nitrogen and oxygen atoms in total. The van der Waals surface area contributed by atoms with Crippen LogP contribution in [0, 0.1) is 5.92 Å². The molecule has 3 rings (SSSR count). The number of fused-ring (bicyclic) bond motifs is 1. The first-order chi connectivity index (χ1) is 9.65. The number of nitrogens with zero attached hydrogens (tertiary/aromatic N) is 3. The molecule has 20 heavy (non-hydrogen) atoms. The largest absolute Gasteiger partial charge is 0.331 e. The van der Waals surface area contributed by atoms with Gasteiger partial charge in [0.15, 0.2) is 0 Å². The molecule has 2 atom stereocenters. The Kier molecular flexibility index (Phi) is 3.96. The fraction of sp³-hybridized carbons (Fsp3) is 0.867. The van der Waals surface area contributed by atoms with E-state index in [2.05, 4.69) is 11.9 Å². The third kappa shape index (κ3) is 2.68. The number of amides is 2. The zero-order chi connectivity index (χ0) is 14.1. The molecule has 0 N–H and O–H groups in total. The second-order valence-corrected chi connectivity index (χ2v) is 6.59. The molecule has 0 aliphatic carbocycles. The maximum absolute atomic E-state index is 12.6. The van der Waals surface area contributed by atoms with Crippen LogP contribution in [-0.4, -0.2) is 72.3 Å². The molecule has 3 aliphatic heterocycles. The highest BCUT2D eigenvalue weighted by Gasteiger charge is 2.40. The first-order valence-electron chi connectivity index (χ1n) is 7.92. The summed E-state index contributed by atoms with van der Waals surface area (Å²) in [5, 5.41) is 0. The lowest BCUT2D eigenvalue weighted by Crippen LogP contribution is -2.62. The van der Waals surface area contributed by atoms with Gasteiger partial charge in [-0.3, -0.25) is 9.59 Å². The number of hydrogen-bond donors (Lipinski definition) is 0. The van der Waals surface area contributed by atoms with Crippen LogP contribution in [0.5, 0.6) is 0 Å². The number of rotatable bonds is 2. The number of carbonyl (C=O) groups is 2. The minimum absolute atomic E-state index is 0.151. The predicted molar refractivity (Wildman–Crippen MR) is 76.2 cm³/mol. The minimum Gasteiger partial charge on any atom is -0.331 e. The number of piperazine rings is 1. The van der Waals surface area contributed by atoms with Gasteiger partial charge in [0.2, 0.25) is 11.8 Å². The monoisotopic (exact) mass is 279 g/mol. The lowest BCUT2D eigenvalue weighted by Gasteiger charge is -2.44. The molecule has 0 saturated carbocycles. The molecule has 0 aromatic rings. The Morgan fingerprint density at radius 3 is 2.75 bits per heavy atom. The first kappa shape index (κ1) is 13.9. The van der Waals surface area contributed by atoms with Gasteiger partial charge in [0.05, 0.1) is 6.54 Å². The van der Waals surface area contributed by atoms with Gasteiger partial charge in [-0.15, -0.1) is 0 Å². The summed E-state index contributed by atoms with van der Waals surface area (Å²) in [4.78, 5) is 30.8. The van der Waals surface area contributed by atoms with Gasteiger partial charge in [0.25, 0.3) is 0 Å². The van der Waals surface area contributed by atoms with Crippen molar-refractivity contribution in [1.82, 2.24) is 14.7 Å². The van der Waals surface area contributed by atoms with E-state index >= 15 is 0 Å². The maximum Gasteiger partial charge on any atom is 0.245 e. The molecule has 0 radical (unpaired) electrons. The van der Waals surface area contributed by atoms with Crippen LogP contribution < -0.4 is 0 Å². The Balaban J connectivity index is 1.64. The Morgan fingerprint density at radius 2 is 1.95 bits per heavy atom. The molecule has 0 aromatic carbocycles. The van der Waals surface area contributed by atoms with E-state index in [1.807, 2.05) is 9.80 Å². The first-order valence-corrected chi connectivity index (χ1v) is 7.92. The lowest BCUT2D eigenvalue weighted by atomic mass is 9.94. The van der Waals surface area contributed by atoms with E-state index in [-0.39, 0.29) is 17.9 Å². The molecule has 5 heteroatoms. The highest BCUT2D eigenvalue weighted by Crippen LogP contribution is 2.25. The Hall–Kier alpha value is -1.10. The molecule has 2 unspecified atom stereocenters. The second-order valence-electron chi connectivity index (χ2n) is 6.59. The van der Waals surface area contributed by atoms with Gasteiger partial charge in [-0.1, -0.05) is 0 Å². The average Bonchev–Trinajstić information content (AvgIpc) is 2.45. The summed E-state index contributed by atoms with van der Waals surface area (Å²) in [7, 11) is 2.14. The Labute approximate surface area is 120 Å². The normalized spacial score (nSPS) is 32.5. The molecule has 0 spiro atoms. The van der Waals surface area contributed by atoms with Gasteiger partial charge in [0, 0.05) is 19.6 Å². The van der Waals surface area contributed by atoms with E-state index in [1.165, 1.54) is 12.8 Å². The van der Waals surface area contributed by atoms with Crippen molar-refractivity contribution in [3.05, 3.63) is 0 Å². The van der Waals surface area contributed by atoms with Crippen molar-refractivity contribution in [1.29, 1.82) is 0 Å². The molecule has 3 saturated heterocycles. The average molecular weight is 279 g/mol. The molecule has 2 amide bonds. The summed E-state index contributed by atoms with van der Waals surface area (Å²) >= 11 is 0. The zero-order valence-electron chi connectivity index (χ0n) is 12.4. The van der Waals surface area contributed by atoms with E-state index in [9.17, 15) is 9.59 Å². The quantitative estimate of drug-likeness (QED) is 0.741. The van der Waals surface area contributed by atoms with Gasteiger partial charge >= 0.3 is 0 Å². The number of hydrogen-bond acceptors (Lipinski definition) is 3. The molecule has 0 bridgehead atoms. The molecule has 3 heterocycles. The standard InChI is InChI=1S/C15H25N3O2/c1-16-7-4-5-12(9-16)10-17-11-14(19)18-8-3-2-6-13(18)15(17)20/h12-13H,2-11H2,1H3. The van der Waals surface area contributed by atoms with Crippen LogP contribution in [0.4, 0.5) is 0 Å². The van der Waals surface area contributed by atoms with Gasteiger partial charge in [-0.25, -0.2) is 0 Å². The van der Waals surface area contributed by atoms with E-state index in [0.717, 1.165) is 45.4 Å². The van der Waals surface area contributed by atoms with Crippen molar-refractivity contribution in [3.63, 3.8) is 0 Å². The maximum atomic E-state index is 12.6. The summed E-state index contributed by atoms with van der Waals surface area (Å²) in [6.07, 6.45) is 5.35. The predicted octanol–water partition coefficient (Wildman–Crippen LogP) is 0.552. The zero-order valence-corrected chi connectivity index (χ0v) is 12.4. The molecule has 3 aliphatic rings. The smallest absolute Gasteiger partial charge is 0.245 e. The lowest BCUT2D eigenvalue weighted by molar-refractivity contribution is -0.158. The van der Waals surface area contributed by atoms with Gasteiger partial charge in [0.1, 0.15) is 6.04 Å². The molecular weight excluding hydrogens is 254 g/mol. The summed E-state index contributed by atoms with van der Waals surface area (Å²) < 4.78 is 0. The molecule has 0 aromatic heterocycles. The van der Waals surface area contributed by atoms with E-state index in [4.69, 9.17) is 0 Å². The summed E-state index contributed by atoms with van der Waals surface area (Å²) in [5.74, 6) is 0.872. The van der Waals surface area contributed by atoms with Crippen LogP contribution >= 0.6 is 0 Å². The third-order valence-corrected chi connectivity index (χ3v) is 4.95. The van der Waals surface area contributed by atoms with E-state index in [1.54, 1.807) is 0 Å². The van der Waals surface area contributed by atoms with Gasteiger partial charge in [-0.05, 0) is 51.6 Å². The Morgan fingerprint density at radius 1 is 1.10 bits per heavy atom. The van der Waals surface area contributed by atoms with Crippen LogP contribution in [0.3, 0.4) is 0 Å². The van der Waals surface area contributed by atoms with Crippen molar-refractivity contribution < 1.29 is 9.59 Å². The number of piperidine rings is 2.